The molecule has 0 spiro atoms. The zero-order valence-electron chi connectivity index (χ0n) is 9.23. The van der Waals surface area contributed by atoms with Crippen molar-refractivity contribution in [3.63, 3.8) is 0 Å². The summed E-state index contributed by atoms with van der Waals surface area (Å²) in [7, 11) is 0. The molecule has 1 aromatic carbocycles. The first-order valence-corrected chi connectivity index (χ1v) is 6.26. The van der Waals surface area contributed by atoms with Crippen LogP contribution in [0, 0.1) is 0 Å². The van der Waals surface area contributed by atoms with E-state index in [9.17, 15) is 5.11 Å². The summed E-state index contributed by atoms with van der Waals surface area (Å²) in [6, 6.07) is 5.31. The highest BCUT2D eigenvalue weighted by Crippen LogP contribution is 2.22. The van der Waals surface area contributed by atoms with Crippen LogP contribution in [0.25, 0.3) is 0 Å². The summed E-state index contributed by atoms with van der Waals surface area (Å²) in [5.41, 5.74) is 0.898. The Bertz CT molecular complexity index is 384. The van der Waals surface area contributed by atoms with Crippen molar-refractivity contribution in [2.75, 3.05) is 6.61 Å². The minimum atomic E-state index is -0.636. The van der Waals surface area contributed by atoms with Crippen LogP contribution in [0.5, 0.6) is 0 Å². The molecular formula is C12H14Cl2O3. The SMILES string of the molecule is OC1CCC(COCc2ccc(Cl)cc2Cl)O1. The van der Waals surface area contributed by atoms with Crippen LogP contribution in [0.3, 0.4) is 0 Å². The average Bonchev–Trinajstić information content (AvgIpc) is 2.68. The third-order valence-electron chi connectivity index (χ3n) is 2.66. The molecule has 94 valence electrons. The van der Waals surface area contributed by atoms with Gasteiger partial charge >= 0.3 is 0 Å². The molecule has 1 saturated heterocycles. The van der Waals surface area contributed by atoms with Crippen LogP contribution in [-0.4, -0.2) is 24.1 Å². The summed E-state index contributed by atoms with van der Waals surface area (Å²) in [6.07, 6.45) is 0.851. The van der Waals surface area contributed by atoms with Crippen LogP contribution in [0.4, 0.5) is 0 Å². The van der Waals surface area contributed by atoms with Gasteiger partial charge in [0.25, 0.3) is 0 Å². The number of aliphatic hydroxyl groups excluding tert-OH is 1. The number of ether oxygens (including phenoxy) is 2. The van der Waals surface area contributed by atoms with Crippen molar-refractivity contribution < 1.29 is 14.6 Å². The van der Waals surface area contributed by atoms with Crippen molar-refractivity contribution in [3.05, 3.63) is 33.8 Å². The second kappa shape index (κ2) is 6.03. The zero-order valence-corrected chi connectivity index (χ0v) is 10.7. The quantitative estimate of drug-likeness (QED) is 0.919. The van der Waals surface area contributed by atoms with Gasteiger partial charge in [0.05, 0.1) is 19.3 Å². The molecular weight excluding hydrogens is 263 g/mol. The van der Waals surface area contributed by atoms with E-state index in [-0.39, 0.29) is 6.10 Å². The number of hydrogen-bond donors (Lipinski definition) is 1. The summed E-state index contributed by atoms with van der Waals surface area (Å²) in [6.45, 7) is 0.891. The predicted octanol–water partition coefficient (Wildman–Crippen LogP) is 3.01. The van der Waals surface area contributed by atoms with Crippen molar-refractivity contribution >= 4 is 23.2 Å². The fourth-order valence-corrected chi connectivity index (χ4v) is 2.21. The first kappa shape index (κ1) is 13.1. The third kappa shape index (κ3) is 3.83. The smallest absolute Gasteiger partial charge is 0.155 e. The van der Waals surface area contributed by atoms with E-state index in [4.69, 9.17) is 32.7 Å². The van der Waals surface area contributed by atoms with E-state index >= 15 is 0 Å². The van der Waals surface area contributed by atoms with E-state index in [0.29, 0.717) is 29.7 Å². The molecule has 0 bridgehead atoms. The highest BCUT2D eigenvalue weighted by atomic mass is 35.5. The second-order valence-corrected chi connectivity index (χ2v) is 4.88. The van der Waals surface area contributed by atoms with Gasteiger partial charge in [0.2, 0.25) is 0 Å². The van der Waals surface area contributed by atoms with Gasteiger partial charge in [-0.25, -0.2) is 0 Å². The Morgan fingerprint density at radius 3 is 2.82 bits per heavy atom. The van der Waals surface area contributed by atoms with Crippen LogP contribution in [-0.2, 0) is 16.1 Å². The maximum absolute atomic E-state index is 9.18. The largest absolute Gasteiger partial charge is 0.374 e. The normalized spacial score (nSPS) is 24.2. The first-order valence-electron chi connectivity index (χ1n) is 5.50. The lowest BCUT2D eigenvalue weighted by Gasteiger charge is -2.11. The van der Waals surface area contributed by atoms with Crippen LogP contribution in [0.2, 0.25) is 10.0 Å². The minimum Gasteiger partial charge on any atom is -0.374 e. The van der Waals surface area contributed by atoms with Crippen molar-refractivity contribution in [1.82, 2.24) is 0 Å². The summed E-state index contributed by atoms with van der Waals surface area (Å²) in [5, 5.41) is 10.4. The van der Waals surface area contributed by atoms with Crippen LogP contribution >= 0.6 is 23.2 Å². The first-order chi connectivity index (χ1) is 8.15. The lowest BCUT2D eigenvalue weighted by molar-refractivity contribution is -0.109. The van der Waals surface area contributed by atoms with Gasteiger partial charge in [0.1, 0.15) is 0 Å². The molecule has 1 aromatic rings. The second-order valence-electron chi connectivity index (χ2n) is 4.04. The molecule has 1 heterocycles. The van der Waals surface area contributed by atoms with Gasteiger partial charge in [-0.15, -0.1) is 0 Å². The molecule has 2 rings (SSSR count). The summed E-state index contributed by atoms with van der Waals surface area (Å²) < 4.78 is 10.7. The Kier molecular flexibility index (Phi) is 4.65. The van der Waals surface area contributed by atoms with E-state index in [1.54, 1.807) is 12.1 Å². The molecule has 5 heteroatoms. The molecule has 0 aromatic heterocycles. The fourth-order valence-electron chi connectivity index (χ4n) is 1.75. The highest BCUT2D eigenvalue weighted by Gasteiger charge is 2.23. The van der Waals surface area contributed by atoms with E-state index in [1.807, 2.05) is 6.07 Å². The molecule has 1 aliphatic rings. The van der Waals surface area contributed by atoms with Gasteiger partial charge in [-0.2, -0.15) is 0 Å². The van der Waals surface area contributed by atoms with Gasteiger partial charge < -0.3 is 14.6 Å². The van der Waals surface area contributed by atoms with E-state index < -0.39 is 6.29 Å². The topological polar surface area (TPSA) is 38.7 Å². The van der Waals surface area contributed by atoms with Crippen molar-refractivity contribution in [2.45, 2.75) is 31.8 Å². The third-order valence-corrected chi connectivity index (χ3v) is 3.25. The lowest BCUT2D eigenvalue weighted by atomic mass is 10.2. The van der Waals surface area contributed by atoms with Crippen LogP contribution in [0.1, 0.15) is 18.4 Å². The molecule has 0 amide bonds. The molecule has 1 aliphatic heterocycles. The molecule has 0 saturated carbocycles. The van der Waals surface area contributed by atoms with Gasteiger partial charge in [-0.1, -0.05) is 29.3 Å². The van der Waals surface area contributed by atoms with E-state index in [1.165, 1.54) is 0 Å². The zero-order chi connectivity index (χ0) is 12.3. The van der Waals surface area contributed by atoms with Crippen molar-refractivity contribution in [1.29, 1.82) is 0 Å². The average molecular weight is 277 g/mol. The summed E-state index contributed by atoms with van der Waals surface area (Å²) in [4.78, 5) is 0. The highest BCUT2D eigenvalue weighted by molar-refractivity contribution is 6.35. The van der Waals surface area contributed by atoms with Gasteiger partial charge in [-0.05, 0) is 24.1 Å². The van der Waals surface area contributed by atoms with Crippen LogP contribution in [0.15, 0.2) is 18.2 Å². The van der Waals surface area contributed by atoms with Crippen LogP contribution < -0.4 is 0 Å². The lowest BCUT2D eigenvalue weighted by Crippen LogP contribution is -2.16. The molecule has 3 nitrogen and oxygen atoms in total. The molecule has 0 aliphatic carbocycles. The maximum Gasteiger partial charge on any atom is 0.155 e. The number of halogens is 2. The van der Waals surface area contributed by atoms with Gasteiger partial charge in [-0.3, -0.25) is 0 Å². The Labute approximate surface area is 110 Å². The van der Waals surface area contributed by atoms with E-state index in [0.717, 1.165) is 12.0 Å². The molecule has 2 atom stereocenters. The van der Waals surface area contributed by atoms with Crippen molar-refractivity contribution in [3.8, 4) is 0 Å². The Morgan fingerprint density at radius 1 is 1.35 bits per heavy atom. The Balaban J connectivity index is 1.78. The predicted molar refractivity (Wildman–Crippen MR) is 66.2 cm³/mol. The Hall–Kier alpha value is -0.320. The van der Waals surface area contributed by atoms with Gasteiger partial charge in [0, 0.05) is 16.5 Å². The maximum atomic E-state index is 9.18. The minimum absolute atomic E-state index is 0.0175. The Morgan fingerprint density at radius 2 is 2.18 bits per heavy atom. The molecule has 17 heavy (non-hydrogen) atoms. The standard InChI is InChI=1S/C12H14Cl2O3/c13-9-2-1-8(11(14)5-9)6-16-7-10-3-4-12(15)17-10/h1-2,5,10,12,15H,3-4,6-7H2. The monoisotopic (exact) mass is 276 g/mol. The molecule has 1 fully saturated rings. The van der Waals surface area contributed by atoms with Crippen molar-refractivity contribution in [2.24, 2.45) is 0 Å². The number of hydrogen-bond acceptors (Lipinski definition) is 3. The fraction of sp³-hybridized carbons (Fsp3) is 0.500. The number of aliphatic hydroxyl groups is 1. The number of rotatable bonds is 4. The van der Waals surface area contributed by atoms with E-state index in [2.05, 4.69) is 0 Å². The summed E-state index contributed by atoms with van der Waals surface area (Å²) in [5.74, 6) is 0. The molecule has 1 N–H and O–H groups in total. The van der Waals surface area contributed by atoms with Gasteiger partial charge in [0.15, 0.2) is 6.29 Å². The molecule has 0 radical (unpaired) electrons. The molecule has 2 unspecified atom stereocenters. The summed E-state index contributed by atoms with van der Waals surface area (Å²) >= 11 is 11.8. The number of benzene rings is 1.